The molecule has 1 aliphatic heterocycles. The van der Waals surface area contributed by atoms with E-state index in [0.29, 0.717) is 18.7 Å². The Labute approximate surface area is 123 Å². The van der Waals surface area contributed by atoms with E-state index in [1.54, 1.807) is 13.0 Å². The normalized spacial score (nSPS) is 22.2. The number of nitrogens with two attached hydrogens (primary N) is 2. The van der Waals surface area contributed by atoms with Crippen molar-refractivity contribution in [2.45, 2.75) is 36.9 Å². The number of anilines is 1. The smallest absolute Gasteiger partial charge is 0.253 e. The lowest BCUT2D eigenvalue weighted by molar-refractivity contribution is -0.126. The van der Waals surface area contributed by atoms with Gasteiger partial charge in [0.25, 0.3) is 5.91 Å². The molecular formula is C13H19N3O4S. The molecule has 0 aliphatic carbocycles. The van der Waals surface area contributed by atoms with Gasteiger partial charge < -0.3 is 15.8 Å². The molecule has 1 aliphatic rings. The number of nitrogens with one attached hydrogen (secondary N) is 1. The first-order chi connectivity index (χ1) is 9.81. The number of rotatable bonds is 4. The van der Waals surface area contributed by atoms with Crippen LogP contribution in [0.4, 0.5) is 5.69 Å². The van der Waals surface area contributed by atoms with E-state index in [-0.39, 0.29) is 16.9 Å². The Morgan fingerprint density at radius 2 is 2.14 bits per heavy atom. The summed E-state index contributed by atoms with van der Waals surface area (Å²) in [5.41, 5.74) is 6.65. The van der Waals surface area contributed by atoms with Crippen LogP contribution in [0.2, 0.25) is 0 Å². The van der Waals surface area contributed by atoms with Crippen molar-refractivity contribution in [3.05, 3.63) is 23.8 Å². The topological polar surface area (TPSA) is 125 Å². The second kappa shape index (κ2) is 6.10. The first-order valence-electron chi connectivity index (χ1n) is 6.61. The number of ether oxygens (including phenoxy) is 1. The van der Waals surface area contributed by atoms with Gasteiger partial charge >= 0.3 is 0 Å². The summed E-state index contributed by atoms with van der Waals surface area (Å²) in [6.45, 7) is 2.14. The maximum absolute atomic E-state index is 12.1. The van der Waals surface area contributed by atoms with Crippen molar-refractivity contribution in [2.75, 3.05) is 11.9 Å². The molecule has 0 radical (unpaired) electrons. The highest BCUT2D eigenvalue weighted by Gasteiger charge is 2.30. The molecule has 8 heteroatoms. The second-order valence-electron chi connectivity index (χ2n) is 5.07. The molecule has 0 spiro atoms. The number of amides is 1. The lowest BCUT2D eigenvalue weighted by Crippen LogP contribution is -2.30. The van der Waals surface area contributed by atoms with Crippen molar-refractivity contribution in [3.8, 4) is 0 Å². The van der Waals surface area contributed by atoms with Crippen molar-refractivity contribution < 1.29 is 17.9 Å². The molecule has 1 aromatic carbocycles. The Morgan fingerprint density at radius 1 is 1.43 bits per heavy atom. The van der Waals surface area contributed by atoms with Crippen LogP contribution in [-0.4, -0.2) is 33.1 Å². The molecule has 7 nitrogen and oxygen atoms in total. The summed E-state index contributed by atoms with van der Waals surface area (Å²) in [6.07, 6.45) is 0.681. The van der Waals surface area contributed by atoms with Crippen LogP contribution >= 0.6 is 0 Å². The molecule has 1 amide bonds. The molecule has 5 N–H and O–H groups in total. The van der Waals surface area contributed by atoms with Gasteiger partial charge in [-0.05, 0) is 37.5 Å². The zero-order valence-corrected chi connectivity index (χ0v) is 12.5. The average molecular weight is 313 g/mol. The zero-order valence-electron chi connectivity index (χ0n) is 11.7. The van der Waals surface area contributed by atoms with E-state index < -0.39 is 16.1 Å². The standard InChI is InChI=1S/C13H19N3O4S/c1-8-2-4-10(21(15,18)19)6-11(8)16-13(17)12-5-3-9(7-14)20-12/h2,4,6,9,12H,3,5,7,14H2,1H3,(H,16,17)(H2,15,18,19). The van der Waals surface area contributed by atoms with Gasteiger partial charge in [-0.25, -0.2) is 13.6 Å². The van der Waals surface area contributed by atoms with E-state index in [1.807, 2.05) is 0 Å². The Kier molecular flexibility index (Phi) is 4.62. The molecule has 1 saturated heterocycles. The van der Waals surface area contributed by atoms with Crippen molar-refractivity contribution in [1.29, 1.82) is 0 Å². The zero-order chi connectivity index (χ0) is 15.6. The fourth-order valence-electron chi connectivity index (χ4n) is 2.20. The van der Waals surface area contributed by atoms with Gasteiger partial charge in [-0.2, -0.15) is 0 Å². The van der Waals surface area contributed by atoms with Gasteiger partial charge in [0, 0.05) is 12.2 Å². The average Bonchev–Trinajstić information content (AvgIpc) is 2.88. The van der Waals surface area contributed by atoms with E-state index in [2.05, 4.69) is 5.32 Å². The first-order valence-corrected chi connectivity index (χ1v) is 8.15. The third kappa shape index (κ3) is 3.79. The van der Waals surface area contributed by atoms with Crippen LogP contribution in [0.3, 0.4) is 0 Å². The summed E-state index contributed by atoms with van der Waals surface area (Å²) in [4.78, 5) is 12.1. The van der Waals surface area contributed by atoms with Crippen LogP contribution < -0.4 is 16.2 Å². The number of carbonyl (C=O) groups excluding carboxylic acids is 1. The second-order valence-corrected chi connectivity index (χ2v) is 6.63. The Morgan fingerprint density at radius 3 is 2.71 bits per heavy atom. The molecule has 2 rings (SSSR count). The van der Waals surface area contributed by atoms with Crippen LogP contribution in [0, 0.1) is 6.92 Å². The fraction of sp³-hybridized carbons (Fsp3) is 0.462. The van der Waals surface area contributed by atoms with Crippen molar-refractivity contribution in [1.82, 2.24) is 0 Å². The molecule has 1 heterocycles. The number of hydrogen-bond acceptors (Lipinski definition) is 5. The quantitative estimate of drug-likeness (QED) is 0.726. The van der Waals surface area contributed by atoms with E-state index in [4.69, 9.17) is 15.6 Å². The maximum Gasteiger partial charge on any atom is 0.253 e. The minimum absolute atomic E-state index is 0.0458. The highest BCUT2D eigenvalue weighted by atomic mass is 32.2. The summed E-state index contributed by atoms with van der Waals surface area (Å²) in [5.74, 6) is -0.305. The Balaban J connectivity index is 2.14. The van der Waals surface area contributed by atoms with Gasteiger partial charge in [-0.15, -0.1) is 0 Å². The minimum Gasteiger partial charge on any atom is -0.364 e. The van der Waals surface area contributed by atoms with Crippen molar-refractivity contribution in [3.63, 3.8) is 0 Å². The lowest BCUT2D eigenvalue weighted by Gasteiger charge is -2.14. The van der Waals surface area contributed by atoms with E-state index in [9.17, 15) is 13.2 Å². The molecule has 0 aromatic heterocycles. The highest BCUT2D eigenvalue weighted by Crippen LogP contribution is 2.23. The van der Waals surface area contributed by atoms with Crippen LogP contribution in [0.1, 0.15) is 18.4 Å². The van der Waals surface area contributed by atoms with Gasteiger partial charge in [-0.1, -0.05) is 6.07 Å². The van der Waals surface area contributed by atoms with Crippen LogP contribution in [0.25, 0.3) is 0 Å². The molecule has 21 heavy (non-hydrogen) atoms. The molecule has 1 aromatic rings. The summed E-state index contributed by atoms with van der Waals surface area (Å²) < 4.78 is 28.2. The van der Waals surface area contributed by atoms with Crippen molar-refractivity contribution in [2.24, 2.45) is 10.9 Å². The molecule has 1 fully saturated rings. The van der Waals surface area contributed by atoms with Crippen molar-refractivity contribution >= 4 is 21.6 Å². The summed E-state index contributed by atoms with van der Waals surface area (Å²) in [5, 5.41) is 7.77. The van der Waals surface area contributed by atoms with E-state index in [1.165, 1.54) is 12.1 Å². The summed E-state index contributed by atoms with van der Waals surface area (Å²) in [6, 6.07) is 4.34. The van der Waals surface area contributed by atoms with Gasteiger partial charge in [0.05, 0.1) is 11.0 Å². The number of hydrogen-bond donors (Lipinski definition) is 3. The Hall–Kier alpha value is -1.48. The number of benzene rings is 1. The minimum atomic E-state index is -3.81. The summed E-state index contributed by atoms with van der Waals surface area (Å²) in [7, 11) is -3.81. The predicted molar refractivity (Wildman–Crippen MR) is 78.1 cm³/mol. The number of carbonyl (C=O) groups is 1. The maximum atomic E-state index is 12.1. The molecule has 0 saturated carbocycles. The molecule has 2 atom stereocenters. The van der Waals surface area contributed by atoms with Gasteiger partial charge in [0.15, 0.2) is 0 Å². The predicted octanol–water partition coefficient (Wildman–Crippen LogP) is 0.0872. The van der Waals surface area contributed by atoms with Gasteiger partial charge in [-0.3, -0.25) is 4.79 Å². The van der Waals surface area contributed by atoms with E-state index in [0.717, 1.165) is 12.0 Å². The SMILES string of the molecule is Cc1ccc(S(N)(=O)=O)cc1NC(=O)C1CCC(CN)O1. The molecular weight excluding hydrogens is 294 g/mol. The number of aryl methyl sites for hydroxylation is 1. The molecule has 2 unspecified atom stereocenters. The fourth-order valence-corrected chi connectivity index (χ4v) is 2.74. The molecule has 0 bridgehead atoms. The van der Waals surface area contributed by atoms with Crippen LogP contribution in [0.5, 0.6) is 0 Å². The third-order valence-corrected chi connectivity index (χ3v) is 4.37. The van der Waals surface area contributed by atoms with Gasteiger partial charge in [0.1, 0.15) is 6.10 Å². The van der Waals surface area contributed by atoms with Crippen LogP contribution in [-0.2, 0) is 19.6 Å². The first kappa shape index (κ1) is 15.9. The Bertz CT molecular complexity index is 645. The van der Waals surface area contributed by atoms with E-state index >= 15 is 0 Å². The number of primary sulfonamides is 1. The highest BCUT2D eigenvalue weighted by molar-refractivity contribution is 7.89. The lowest BCUT2D eigenvalue weighted by atomic mass is 10.1. The third-order valence-electron chi connectivity index (χ3n) is 3.46. The largest absolute Gasteiger partial charge is 0.364 e. The monoisotopic (exact) mass is 313 g/mol. The summed E-state index contributed by atoms with van der Waals surface area (Å²) >= 11 is 0. The number of sulfonamides is 1. The van der Waals surface area contributed by atoms with Gasteiger partial charge in [0.2, 0.25) is 10.0 Å². The van der Waals surface area contributed by atoms with Crippen LogP contribution in [0.15, 0.2) is 23.1 Å². The molecule has 116 valence electrons.